The van der Waals surface area contributed by atoms with Crippen molar-refractivity contribution in [3.63, 3.8) is 0 Å². The van der Waals surface area contributed by atoms with Gasteiger partial charge in [-0.2, -0.15) is 0 Å². The maximum absolute atomic E-state index is 6.26. The van der Waals surface area contributed by atoms with Crippen molar-refractivity contribution in [2.75, 3.05) is 26.0 Å². The molecule has 108 valence electrons. The molecule has 0 aliphatic rings. The summed E-state index contributed by atoms with van der Waals surface area (Å²) in [6, 6.07) is 6.30. The monoisotopic (exact) mass is 284 g/mol. The molecule has 0 fully saturated rings. The Morgan fingerprint density at radius 2 is 2.00 bits per heavy atom. The number of benzene rings is 1. The highest BCUT2D eigenvalue weighted by Gasteiger charge is 2.16. The Morgan fingerprint density at radius 1 is 1.32 bits per heavy atom. The number of anilines is 1. The van der Waals surface area contributed by atoms with Crippen molar-refractivity contribution in [3.8, 4) is 0 Å². The van der Waals surface area contributed by atoms with Crippen molar-refractivity contribution in [2.45, 2.75) is 39.3 Å². The summed E-state index contributed by atoms with van der Waals surface area (Å²) in [6.45, 7) is 6.94. The highest BCUT2D eigenvalue weighted by Crippen LogP contribution is 2.22. The highest BCUT2D eigenvalue weighted by molar-refractivity contribution is 6.31. The summed E-state index contributed by atoms with van der Waals surface area (Å²) in [5.74, 6) is 0. The van der Waals surface area contributed by atoms with Crippen LogP contribution in [-0.2, 0) is 11.3 Å². The Kier molecular flexibility index (Phi) is 7.21. The van der Waals surface area contributed by atoms with E-state index in [1.54, 1.807) is 7.11 Å². The van der Waals surface area contributed by atoms with Gasteiger partial charge in [-0.15, -0.1) is 0 Å². The second-order valence-corrected chi connectivity index (χ2v) is 5.19. The Morgan fingerprint density at radius 3 is 2.53 bits per heavy atom. The summed E-state index contributed by atoms with van der Waals surface area (Å²) in [4.78, 5) is 2.43. The van der Waals surface area contributed by atoms with E-state index >= 15 is 0 Å². The van der Waals surface area contributed by atoms with Crippen LogP contribution in [0.2, 0.25) is 5.02 Å². The number of hydrogen-bond donors (Lipinski definition) is 1. The second-order valence-electron chi connectivity index (χ2n) is 4.78. The molecule has 0 bridgehead atoms. The van der Waals surface area contributed by atoms with Crippen LogP contribution in [0, 0.1) is 0 Å². The van der Waals surface area contributed by atoms with Crippen molar-refractivity contribution in [2.24, 2.45) is 0 Å². The van der Waals surface area contributed by atoms with Crippen LogP contribution in [-0.4, -0.2) is 31.2 Å². The summed E-state index contributed by atoms with van der Waals surface area (Å²) in [6.07, 6.45) is 2.26. The van der Waals surface area contributed by atoms with Gasteiger partial charge in [-0.25, -0.2) is 0 Å². The van der Waals surface area contributed by atoms with Gasteiger partial charge in [0.2, 0.25) is 0 Å². The Balaban J connectivity index is 2.80. The average Bonchev–Trinajstić information content (AvgIpc) is 2.39. The van der Waals surface area contributed by atoms with Crippen LogP contribution in [0.3, 0.4) is 0 Å². The van der Waals surface area contributed by atoms with Gasteiger partial charge in [0.05, 0.1) is 6.61 Å². The lowest BCUT2D eigenvalue weighted by molar-refractivity contribution is 0.110. The SMILES string of the molecule is CCC(CC)N(CCOC)Cc1ccc(N)cc1Cl. The van der Waals surface area contributed by atoms with Crippen LogP contribution in [0.25, 0.3) is 0 Å². The number of nitrogens with two attached hydrogens (primary N) is 1. The van der Waals surface area contributed by atoms with E-state index in [1.165, 1.54) is 0 Å². The molecule has 0 unspecified atom stereocenters. The van der Waals surface area contributed by atoms with Crippen LogP contribution in [0.1, 0.15) is 32.3 Å². The number of ether oxygens (including phenoxy) is 1. The van der Waals surface area contributed by atoms with Crippen molar-refractivity contribution in [1.82, 2.24) is 4.90 Å². The van der Waals surface area contributed by atoms with Gasteiger partial charge < -0.3 is 10.5 Å². The molecule has 0 aliphatic heterocycles. The second kappa shape index (κ2) is 8.41. The van der Waals surface area contributed by atoms with Gasteiger partial charge >= 0.3 is 0 Å². The van der Waals surface area contributed by atoms with Crippen LogP contribution in [0.15, 0.2) is 18.2 Å². The fraction of sp³-hybridized carbons (Fsp3) is 0.600. The quantitative estimate of drug-likeness (QED) is 0.742. The topological polar surface area (TPSA) is 38.5 Å². The summed E-state index contributed by atoms with van der Waals surface area (Å²) < 4.78 is 5.20. The molecule has 0 aliphatic carbocycles. The minimum Gasteiger partial charge on any atom is -0.399 e. The normalized spacial score (nSPS) is 11.5. The fourth-order valence-corrected chi connectivity index (χ4v) is 2.56. The predicted octanol–water partition coefficient (Wildman–Crippen LogP) is 3.56. The van der Waals surface area contributed by atoms with Gasteiger partial charge in [0.1, 0.15) is 0 Å². The molecule has 1 aromatic carbocycles. The Labute approximate surface area is 121 Å². The molecule has 0 spiro atoms. The van der Waals surface area contributed by atoms with Gasteiger partial charge in [-0.3, -0.25) is 4.90 Å². The lowest BCUT2D eigenvalue weighted by Gasteiger charge is -2.30. The summed E-state index contributed by atoms with van der Waals surface area (Å²) in [5, 5.41) is 0.744. The van der Waals surface area contributed by atoms with Crippen molar-refractivity contribution >= 4 is 17.3 Å². The molecule has 3 nitrogen and oxygen atoms in total. The number of rotatable bonds is 8. The first-order valence-corrected chi connectivity index (χ1v) is 7.27. The first-order chi connectivity index (χ1) is 9.12. The fourth-order valence-electron chi connectivity index (χ4n) is 2.31. The molecule has 4 heteroatoms. The summed E-state index contributed by atoms with van der Waals surface area (Å²) >= 11 is 6.26. The van der Waals surface area contributed by atoms with Gasteiger partial charge in [0.15, 0.2) is 0 Å². The van der Waals surface area contributed by atoms with E-state index in [2.05, 4.69) is 18.7 Å². The van der Waals surface area contributed by atoms with E-state index in [1.807, 2.05) is 18.2 Å². The molecule has 19 heavy (non-hydrogen) atoms. The van der Waals surface area contributed by atoms with Crippen molar-refractivity contribution in [1.29, 1.82) is 0 Å². The molecule has 1 rings (SSSR count). The summed E-state index contributed by atoms with van der Waals surface area (Å²) in [7, 11) is 1.74. The number of nitrogen functional groups attached to an aromatic ring is 1. The van der Waals surface area contributed by atoms with Crippen LogP contribution >= 0.6 is 11.6 Å². The zero-order valence-electron chi connectivity index (χ0n) is 12.2. The minimum absolute atomic E-state index is 0.559. The van der Waals surface area contributed by atoms with E-state index in [0.717, 1.165) is 43.1 Å². The largest absolute Gasteiger partial charge is 0.399 e. The smallest absolute Gasteiger partial charge is 0.0589 e. The zero-order chi connectivity index (χ0) is 14.3. The van der Waals surface area contributed by atoms with Crippen molar-refractivity contribution in [3.05, 3.63) is 28.8 Å². The molecule has 0 amide bonds. The molecule has 2 N–H and O–H groups in total. The third-order valence-electron chi connectivity index (χ3n) is 3.49. The third-order valence-corrected chi connectivity index (χ3v) is 3.84. The molecular weight excluding hydrogens is 260 g/mol. The molecule has 0 saturated heterocycles. The number of nitrogens with zero attached hydrogens (tertiary/aromatic N) is 1. The van der Waals surface area contributed by atoms with E-state index < -0.39 is 0 Å². The molecule has 0 saturated carbocycles. The maximum Gasteiger partial charge on any atom is 0.0589 e. The Hall–Kier alpha value is -0.770. The standard InChI is InChI=1S/C15H25ClN2O/c1-4-14(5-2)18(8-9-19-3)11-12-6-7-13(17)10-15(12)16/h6-7,10,14H,4-5,8-9,11,17H2,1-3H3. The van der Waals surface area contributed by atoms with Gasteiger partial charge in [0, 0.05) is 37.0 Å². The van der Waals surface area contributed by atoms with Gasteiger partial charge in [-0.05, 0) is 30.5 Å². The first kappa shape index (κ1) is 16.3. The molecule has 0 radical (unpaired) electrons. The summed E-state index contributed by atoms with van der Waals surface area (Å²) in [5.41, 5.74) is 7.56. The van der Waals surface area contributed by atoms with Crippen LogP contribution in [0.5, 0.6) is 0 Å². The van der Waals surface area contributed by atoms with Gasteiger partial charge in [-0.1, -0.05) is 31.5 Å². The molecule has 1 aromatic rings. The third kappa shape index (κ3) is 5.01. The Bertz CT molecular complexity index is 380. The minimum atomic E-state index is 0.559. The number of halogens is 1. The number of methoxy groups -OCH3 is 1. The van der Waals surface area contributed by atoms with Crippen molar-refractivity contribution < 1.29 is 4.74 Å². The first-order valence-electron chi connectivity index (χ1n) is 6.89. The molecule has 0 atom stereocenters. The van der Waals surface area contributed by atoms with Crippen LogP contribution in [0.4, 0.5) is 5.69 Å². The lowest BCUT2D eigenvalue weighted by atomic mass is 10.1. The van der Waals surface area contributed by atoms with E-state index in [9.17, 15) is 0 Å². The van der Waals surface area contributed by atoms with Gasteiger partial charge in [0.25, 0.3) is 0 Å². The molecule has 0 heterocycles. The predicted molar refractivity (Wildman–Crippen MR) is 82.5 cm³/mol. The van der Waals surface area contributed by atoms with Crippen LogP contribution < -0.4 is 5.73 Å². The number of hydrogen-bond acceptors (Lipinski definition) is 3. The lowest BCUT2D eigenvalue weighted by Crippen LogP contribution is -2.36. The van der Waals surface area contributed by atoms with E-state index in [4.69, 9.17) is 22.1 Å². The molecular formula is C15H25ClN2O. The maximum atomic E-state index is 6.26. The van der Waals surface area contributed by atoms with E-state index in [-0.39, 0.29) is 0 Å². The molecule has 0 aromatic heterocycles. The average molecular weight is 285 g/mol. The highest BCUT2D eigenvalue weighted by atomic mass is 35.5. The van der Waals surface area contributed by atoms with E-state index in [0.29, 0.717) is 11.7 Å². The zero-order valence-corrected chi connectivity index (χ0v) is 12.9.